The summed E-state index contributed by atoms with van der Waals surface area (Å²) in [5, 5.41) is 0. The molecule has 3 aromatic rings. The van der Waals surface area contributed by atoms with Gasteiger partial charge in [-0.25, -0.2) is 4.99 Å². The Morgan fingerprint density at radius 2 is 1.26 bits per heavy atom. The zero-order valence-corrected chi connectivity index (χ0v) is 31.7. The fourth-order valence-electron chi connectivity index (χ4n) is 3.71. The molecule has 0 saturated heterocycles. The maximum absolute atomic E-state index is 11.7. The van der Waals surface area contributed by atoms with Crippen LogP contribution in [0.5, 0.6) is 0 Å². The molecule has 1 aliphatic rings. The fraction of sp³-hybridized carbons (Fsp3) is 0.417. The van der Waals surface area contributed by atoms with Crippen molar-refractivity contribution in [1.82, 2.24) is 11.1 Å². The van der Waals surface area contributed by atoms with Crippen LogP contribution in [0.4, 0.5) is 8.96 Å². The molecular formula is C36H48Ar2F2IN3O3. The number of hydrogen-bond donors (Lipinski definition) is 2. The standard InChI is InChI=1S/C16H23NO.C10H12FNO.C6H5I.C4H8FNO.2Ar/c1-12(16(2,3)4)15-17-14(11-18-15)10-13-8-6-5-7-9-13;1-8(10(13)12-11)7-9-5-3-2-4-6-9;7-6-4-2-1-3-5-6;1-3(2)4(7)6-5;;/h5-9,12,14H,10-11H2,1-4H3;2-6,8H,7H2,1H3,(H,12,13);1-5H;3H,1-2H3,(H,6,7);;/t12-,14+;8-;;;;/m10..../s1. The van der Waals surface area contributed by atoms with Crippen molar-refractivity contribution in [3.63, 3.8) is 0 Å². The Morgan fingerprint density at radius 1 is 0.809 bits per heavy atom. The molecule has 6 nitrogen and oxygen atoms in total. The molecule has 47 heavy (non-hydrogen) atoms. The number of nitrogens with one attached hydrogen (secondary N) is 2. The molecule has 0 radical (unpaired) electrons. The number of nitrogens with zero attached hydrogens (tertiary/aromatic N) is 1. The van der Waals surface area contributed by atoms with E-state index in [0.717, 1.165) is 35.6 Å². The van der Waals surface area contributed by atoms with Crippen molar-refractivity contribution in [1.29, 1.82) is 0 Å². The van der Waals surface area contributed by atoms with Crippen LogP contribution in [-0.4, -0.2) is 30.4 Å². The van der Waals surface area contributed by atoms with Gasteiger partial charge in [-0.2, -0.15) is 11.1 Å². The van der Waals surface area contributed by atoms with Gasteiger partial charge < -0.3 is 4.74 Å². The third kappa shape index (κ3) is 21.8. The van der Waals surface area contributed by atoms with Crippen molar-refractivity contribution in [3.05, 3.63) is 106 Å². The second-order valence-corrected chi connectivity index (χ2v) is 13.4. The Balaban J connectivity index is 0. The molecule has 1 heterocycles. The zero-order chi connectivity index (χ0) is 33.8. The van der Waals surface area contributed by atoms with Gasteiger partial charge in [-0.05, 0) is 64.1 Å². The molecule has 0 bridgehead atoms. The number of carbonyl (C=O) groups is 2. The average Bonchev–Trinajstić information content (AvgIpc) is 3.49. The van der Waals surface area contributed by atoms with E-state index in [1.165, 1.54) is 9.13 Å². The molecule has 2 amide bonds. The third-order valence-corrected chi connectivity index (χ3v) is 7.71. The summed E-state index contributed by atoms with van der Waals surface area (Å²) in [5.41, 5.74) is 4.75. The van der Waals surface area contributed by atoms with Crippen LogP contribution in [0.2, 0.25) is 0 Å². The molecule has 0 aromatic heterocycles. The first-order chi connectivity index (χ1) is 21.3. The quantitative estimate of drug-likeness (QED) is 0.186. The van der Waals surface area contributed by atoms with Crippen LogP contribution in [0.15, 0.2) is 96.0 Å². The number of amides is 2. The first kappa shape index (κ1) is 48.3. The minimum atomic E-state index is -0.569. The van der Waals surface area contributed by atoms with Gasteiger partial charge in [-0.3, -0.25) is 9.59 Å². The molecule has 3 aromatic carbocycles. The number of halogens is 3. The van der Waals surface area contributed by atoms with Crippen LogP contribution in [0.1, 0.15) is 59.6 Å². The second kappa shape index (κ2) is 27.0. The van der Waals surface area contributed by atoms with E-state index in [9.17, 15) is 18.6 Å². The van der Waals surface area contributed by atoms with Crippen molar-refractivity contribution in [2.24, 2.45) is 28.2 Å². The van der Waals surface area contributed by atoms with Gasteiger partial charge in [0.1, 0.15) is 6.61 Å². The summed E-state index contributed by atoms with van der Waals surface area (Å²) < 4.78 is 29.8. The van der Waals surface area contributed by atoms with Gasteiger partial charge in [0.05, 0.1) is 6.04 Å². The topological polar surface area (TPSA) is 79.8 Å². The maximum Gasteiger partial charge on any atom is 0.250 e. The molecule has 0 fully saturated rings. The molecule has 1 aliphatic heterocycles. The normalized spacial score (nSPS) is 14.2. The summed E-state index contributed by atoms with van der Waals surface area (Å²) in [5.74, 6) is -0.414. The molecule has 4 rings (SSSR count). The van der Waals surface area contributed by atoms with Gasteiger partial charge in [-0.15, -0.1) is 8.96 Å². The van der Waals surface area contributed by atoms with E-state index in [1.54, 1.807) is 20.8 Å². The third-order valence-electron chi connectivity index (χ3n) is 6.99. The molecule has 0 spiro atoms. The van der Waals surface area contributed by atoms with Crippen molar-refractivity contribution < 1.29 is 98.8 Å². The summed E-state index contributed by atoms with van der Waals surface area (Å²) in [7, 11) is 0. The molecule has 2 N–H and O–H groups in total. The van der Waals surface area contributed by atoms with Crippen LogP contribution >= 0.6 is 22.6 Å². The maximum atomic E-state index is 11.7. The SMILES string of the molecule is CC(C)C(=O)NF.C[C@@H](Cc1ccccc1)C(=O)NF.C[C@H](C1=N[C@@H](Cc2ccccc2)CO1)C(C)(C)C.Ic1ccccc1.[Ar].[Ar]. The molecule has 262 valence electrons. The number of hydrogen-bond acceptors (Lipinski definition) is 4. The van der Waals surface area contributed by atoms with Crippen molar-refractivity contribution in [2.45, 2.75) is 67.3 Å². The minimum Gasteiger partial charge on any atom is -0.478 e. The number of carbonyl (C=O) groups excluding carboxylic acids is 2. The summed E-state index contributed by atoms with van der Waals surface area (Å²) in [4.78, 5) is 25.6. The molecule has 11 heteroatoms. The van der Waals surface area contributed by atoms with Gasteiger partial charge in [0, 0.05) is 96.8 Å². The monoisotopic (exact) mass is 815 g/mol. The number of aliphatic imine (C=N–C) groups is 1. The number of ether oxygens (including phenoxy) is 1. The van der Waals surface area contributed by atoms with Crippen LogP contribution in [-0.2, 0) is 27.2 Å². The first-order valence-corrected chi connectivity index (χ1v) is 16.2. The first-order valence-electron chi connectivity index (χ1n) is 15.1. The smallest absolute Gasteiger partial charge is 0.250 e. The Kier molecular flexibility index (Phi) is 27.7. The van der Waals surface area contributed by atoms with E-state index in [-0.39, 0.29) is 98.8 Å². The predicted octanol–water partition coefficient (Wildman–Crippen LogP) is 8.51. The van der Waals surface area contributed by atoms with Crippen LogP contribution in [0.25, 0.3) is 0 Å². The molecular weight excluding hydrogens is 767 g/mol. The Hall–Kier alpha value is -0.821. The number of benzene rings is 3. The number of rotatable bonds is 7. The molecule has 0 unspecified atom stereocenters. The summed E-state index contributed by atoms with van der Waals surface area (Å²) in [6, 6.07) is 30.5. The Labute approximate surface area is 353 Å². The molecule has 3 atom stereocenters. The molecule has 0 saturated carbocycles. The Bertz CT molecular complexity index is 1280. The summed E-state index contributed by atoms with van der Waals surface area (Å²) in [6.07, 6.45) is 1.54. The van der Waals surface area contributed by atoms with Crippen LogP contribution < -0.4 is 11.1 Å². The average molecular weight is 816 g/mol. The van der Waals surface area contributed by atoms with Gasteiger partial charge in [0.2, 0.25) is 5.91 Å². The molecule has 0 aliphatic carbocycles. The Morgan fingerprint density at radius 3 is 1.62 bits per heavy atom. The van der Waals surface area contributed by atoms with E-state index in [2.05, 4.69) is 86.7 Å². The van der Waals surface area contributed by atoms with E-state index < -0.39 is 11.8 Å². The minimum absolute atomic E-state index is 0. The van der Waals surface area contributed by atoms with E-state index in [1.807, 2.05) is 54.6 Å². The van der Waals surface area contributed by atoms with E-state index in [0.29, 0.717) is 12.3 Å². The van der Waals surface area contributed by atoms with Crippen molar-refractivity contribution in [2.75, 3.05) is 6.61 Å². The van der Waals surface area contributed by atoms with Gasteiger partial charge in [-0.1, -0.05) is 127 Å². The van der Waals surface area contributed by atoms with Crippen LogP contribution in [0, 0.1) is 102 Å². The van der Waals surface area contributed by atoms with Gasteiger partial charge in [0.25, 0.3) is 5.91 Å². The predicted molar refractivity (Wildman–Crippen MR) is 188 cm³/mol. The zero-order valence-electron chi connectivity index (χ0n) is 28.1. The second-order valence-electron chi connectivity index (χ2n) is 12.2. The van der Waals surface area contributed by atoms with E-state index in [4.69, 9.17) is 9.73 Å². The fourth-order valence-corrected chi connectivity index (χ4v) is 4.13. The van der Waals surface area contributed by atoms with Crippen molar-refractivity contribution in [3.8, 4) is 0 Å². The van der Waals surface area contributed by atoms with E-state index >= 15 is 0 Å². The summed E-state index contributed by atoms with van der Waals surface area (Å²) >= 11 is 2.28. The van der Waals surface area contributed by atoms with Gasteiger partial charge >= 0.3 is 0 Å². The van der Waals surface area contributed by atoms with Crippen molar-refractivity contribution >= 4 is 40.3 Å². The van der Waals surface area contributed by atoms with Gasteiger partial charge in [0.15, 0.2) is 5.90 Å². The largest absolute Gasteiger partial charge is 0.478 e. The van der Waals surface area contributed by atoms with Crippen LogP contribution in [0.3, 0.4) is 0 Å². The summed E-state index contributed by atoms with van der Waals surface area (Å²) in [6.45, 7) is 14.6.